The van der Waals surface area contributed by atoms with Gasteiger partial charge < -0.3 is 5.73 Å². The summed E-state index contributed by atoms with van der Waals surface area (Å²) >= 11 is 1.83. The van der Waals surface area contributed by atoms with Gasteiger partial charge in [0.1, 0.15) is 0 Å². The second-order valence-corrected chi connectivity index (χ2v) is 7.15. The molecule has 96 valence electrons. The Hall–Kier alpha value is -0.340. The van der Waals surface area contributed by atoms with Crippen LogP contribution in [0.1, 0.15) is 56.4 Å². The maximum absolute atomic E-state index is 6.66. The SMILES string of the molecule is Cc1cc(C2(N)CCCC(C(C)C)CC2)cs1. The van der Waals surface area contributed by atoms with Gasteiger partial charge in [0.15, 0.2) is 0 Å². The van der Waals surface area contributed by atoms with Crippen LogP contribution in [0, 0.1) is 18.8 Å². The summed E-state index contributed by atoms with van der Waals surface area (Å²) in [6, 6.07) is 2.29. The molecule has 1 aromatic rings. The lowest BCUT2D eigenvalue weighted by Gasteiger charge is -2.28. The van der Waals surface area contributed by atoms with Crippen molar-refractivity contribution >= 4 is 11.3 Å². The third-order valence-corrected chi connectivity index (χ3v) is 5.27. The molecular weight excluding hydrogens is 226 g/mol. The largest absolute Gasteiger partial charge is 0.321 e. The first kappa shape index (κ1) is 13.1. The van der Waals surface area contributed by atoms with E-state index in [9.17, 15) is 0 Å². The molecule has 1 fully saturated rings. The Morgan fingerprint density at radius 3 is 2.71 bits per heavy atom. The summed E-state index contributed by atoms with van der Waals surface area (Å²) in [4.78, 5) is 1.38. The Bertz CT molecular complexity index is 369. The zero-order valence-corrected chi connectivity index (χ0v) is 12.1. The highest BCUT2D eigenvalue weighted by atomic mass is 32.1. The Morgan fingerprint density at radius 1 is 1.35 bits per heavy atom. The molecule has 2 N–H and O–H groups in total. The summed E-state index contributed by atoms with van der Waals surface area (Å²) < 4.78 is 0. The number of nitrogens with two attached hydrogens (primary N) is 1. The summed E-state index contributed by atoms with van der Waals surface area (Å²) in [5, 5.41) is 2.27. The molecule has 0 spiro atoms. The van der Waals surface area contributed by atoms with Crippen LogP contribution in [0.3, 0.4) is 0 Å². The van der Waals surface area contributed by atoms with E-state index in [-0.39, 0.29) is 5.54 Å². The average Bonchev–Trinajstić information content (AvgIpc) is 2.59. The van der Waals surface area contributed by atoms with E-state index < -0.39 is 0 Å². The van der Waals surface area contributed by atoms with Crippen molar-refractivity contribution in [2.24, 2.45) is 17.6 Å². The van der Waals surface area contributed by atoms with Gasteiger partial charge in [-0.2, -0.15) is 0 Å². The second kappa shape index (κ2) is 5.11. The van der Waals surface area contributed by atoms with E-state index >= 15 is 0 Å². The molecule has 2 unspecified atom stereocenters. The molecule has 1 saturated carbocycles. The van der Waals surface area contributed by atoms with Gasteiger partial charge in [0.2, 0.25) is 0 Å². The van der Waals surface area contributed by atoms with Crippen LogP contribution >= 0.6 is 11.3 Å². The lowest BCUT2D eigenvalue weighted by Crippen LogP contribution is -2.35. The summed E-state index contributed by atoms with van der Waals surface area (Å²) in [6.07, 6.45) is 6.26. The van der Waals surface area contributed by atoms with Crippen LogP contribution in [-0.4, -0.2) is 0 Å². The van der Waals surface area contributed by atoms with Gasteiger partial charge in [0.05, 0.1) is 0 Å². The molecule has 2 heteroatoms. The topological polar surface area (TPSA) is 26.0 Å². The van der Waals surface area contributed by atoms with Gasteiger partial charge in [-0.05, 0) is 55.0 Å². The van der Waals surface area contributed by atoms with Crippen molar-refractivity contribution in [2.45, 2.75) is 58.4 Å². The molecule has 0 saturated heterocycles. The van der Waals surface area contributed by atoms with Crippen LogP contribution in [0.25, 0.3) is 0 Å². The van der Waals surface area contributed by atoms with Crippen molar-refractivity contribution < 1.29 is 0 Å². The minimum absolute atomic E-state index is 0.0472. The van der Waals surface area contributed by atoms with Crippen molar-refractivity contribution in [2.75, 3.05) is 0 Å². The number of thiophene rings is 1. The van der Waals surface area contributed by atoms with Crippen LogP contribution in [0.4, 0.5) is 0 Å². The van der Waals surface area contributed by atoms with E-state index in [1.165, 1.54) is 29.7 Å². The summed E-state index contributed by atoms with van der Waals surface area (Å²) in [7, 11) is 0. The predicted octanol–water partition coefficient (Wildman–Crippen LogP) is 4.45. The van der Waals surface area contributed by atoms with E-state index in [1.807, 2.05) is 11.3 Å². The standard InChI is InChI=1S/C15H25NS/c1-11(2)13-5-4-7-15(16,8-6-13)14-9-12(3)17-10-14/h9-11,13H,4-8,16H2,1-3H3. The Morgan fingerprint density at radius 2 is 2.12 bits per heavy atom. The van der Waals surface area contributed by atoms with Gasteiger partial charge in [-0.15, -0.1) is 11.3 Å². The van der Waals surface area contributed by atoms with Crippen LogP contribution in [-0.2, 0) is 5.54 Å². The summed E-state index contributed by atoms with van der Waals surface area (Å²) in [6.45, 7) is 6.87. The van der Waals surface area contributed by atoms with Crippen molar-refractivity contribution in [1.29, 1.82) is 0 Å². The van der Waals surface area contributed by atoms with Gasteiger partial charge in [0.25, 0.3) is 0 Å². The minimum Gasteiger partial charge on any atom is -0.321 e. The first-order valence-electron chi connectivity index (χ1n) is 6.86. The van der Waals surface area contributed by atoms with Crippen molar-refractivity contribution in [3.05, 3.63) is 21.9 Å². The number of hydrogen-bond donors (Lipinski definition) is 1. The molecular formula is C15H25NS. The van der Waals surface area contributed by atoms with Crippen molar-refractivity contribution in [1.82, 2.24) is 0 Å². The number of aryl methyl sites for hydroxylation is 1. The van der Waals surface area contributed by atoms with E-state index in [0.717, 1.165) is 24.7 Å². The molecule has 17 heavy (non-hydrogen) atoms. The maximum atomic E-state index is 6.66. The first-order chi connectivity index (χ1) is 8.01. The Kier molecular flexibility index (Phi) is 3.94. The van der Waals surface area contributed by atoms with Gasteiger partial charge in [-0.25, -0.2) is 0 Å². The second-order valence-electron chi connectivity index (χ2n) is 6.04. The van der Waals surface area contributed by atoms with E-state index in [0.29, 0.717) is 0 Å². The first-order valence-corrected chi connectivity index (χ1v) is 7.74. The Balaban J connectivity index is 2.11. The molecule has 2 atom stereocenters. The fraction of sp³-hybridized carbons (Fsp3) is 0.733. The molecule has 1 nitrogen and oxygen atoms in total. The normalized spacial score (nSPS) is 30.5. The van der Waals surface area contributed by atoms with E-state index in [4.69, 9.17) is 5.73 Å². The van der Waals surface area contributed by atoms with Gasteiger partial charge in [-0.3, -0.25) is 0 Å². The van der Waals surface area contributed by atoms with Crippen LogP contribution < -0.4 is 5.73 Å². The molecule has 2 rings (SSSR count). The zero-order valence-electron chi connectivity index (χ0n) is 11.3. The molecule has 0 bridgehead atoms. The van der Waals surface area contributed by atoms with Crippen LogP contribution in [0.15, 0.2) is 11.4 Å². The molecule has 0 aliphatic heterocycles. The highest BCUT2D eigenvalue weighted by Crippen LogP contribution is 2.39. The summed E-state index contributed by atoms with van der Waals surface area (Å²) in [5.41, 5.74) is 7.99. The summed E-state index contributed by atoms with van der Waals surface area (Å²) in [5.74, 6) is 1.68. The van der Waals surface area contributed by atoms with E-state index in [2.05, 4.69) is 32.2 Å². The molecule has 1 heterocycles. The molecule has 1 aromatic heterocycles. The molecule has 0 radical (unpaired) electrons. The van der Waals surface area contributed by atoms with Gasteiger partial charge in [-0.1, -0.05) is 26.7 Å². The molecule has 1 aliphatic rings. The van der Waals surface area contributed by atoms with E-state index in [1.54, 1.807) is 0 Å². The monoisotopic (exact) mass is 251 g/mol. The third kappa shape index (κ3) is 2.92. The van der Waals surface area contributed by atoms with Crippen molar-refractivity contribution in [3.8, 4) is 0 Å². The number of rotatable bonds is 2. The van der Waals surface area contributed by atoms with Gasteiger partial charge >= 0.3 is 0 Å². The lowest BCUT2D eigenvalue weighted by atomic mass is 9.84. The molecule has 1 aliphatic carbocycles. The highest BCUT2D eigenvalue weighted by molar-refractivity contribution is 7.10. The third-order valence-electron chi connectivity index (χ3n) is 4.41. The predicted molar refractivity (Wildman–Crippen MR) is 76.3 cm³/mol. The van der Waals surface area contributed by atoms with Gasteiger partial charge in [0, 0.05) is 10.4 Å². The van der Waals surface area contributed by atoms with Crippen LogP contribution in [0.5, 0.6) is 0 Å². The smallest absolute Gasteiger partial charge is 0.0418 e. The van der Waals surface area contributed by atoms with Crippen molar-refractivity contribution in [3.63, 3.8) is 0 Å². The fourth-order valence-electron chi connectivity index (χ4n) is 3.05. The Labute approximate surface area is 109 Å². The molecule has 0 aromatic carbocycles. The minimum atomic E-state index is -0.0472. The molecule has 0 amide bonds. The lowest BCUT2D eigenvalue weighted by molar-refractivity contribution is 0.325. The van der Waals surface area contributed by atoms with Crippen LogP contribution in [0.2, 0.25) is 0 Å². The maximum Gasteiger partial charge on any atom is 0.0418 e. The number of hydrogen-bond acceptors (Lipinski definition) is 2. The zero-order chi connectivity index (χ0) is 12.5. The fourth-order valence-corrected chi connectivity index (χ4v) is 3.86. The highest BCUT2D eigenvalue weighted by Gasteiger charge is 2.32. The quantitative estimate of drug-likeness (QED) is 0.772. The average molecular weight is 251 g/mol.